The van der Waals surface area contributed by atoms with Gasteiger partial charge in [0.1, 0.15) is 11.6 Å². The lowest BCUT2D eigenvalue weighted by molar-refractivity contribution is -0.0281. The van der Waals surface area contributed by atoms with Crippen LogP contribution in [0, 0.1) is 12.7 Å². The zero-order valence-corrected chi connectivity index (χ0v) is 17.9. The Balaban J connectivity index is 1.73. The molecule has 8 heteroatoms. The van der Waals surface area contributed by atoms with Gasteiger partial charge in [-0.25, -0.2) is 19.3 Å². The fourth-order valence-electron chi connectivity index (χ4n) is 3.69. The summed E-state index contributed by atoms with van der Waals surface area (Å²) >= 11 is 0. The summed E-state index contributed by atoms with van der Waals surface area (Å²) in [5.74, 6) is 1.04. The normalized spacial score (nSPS) is 16.1. The minimum Gasteiger partial charge on any atom is -0.372 e. The fraction of sp³-hybridized carbons (Fsp3) is 0.304. The number of imidazole rings is 1. The minimum absolute atomic E-state index is 0.239. The molecule has 2 aromatic heterocycles. The first-order valence-electron chi connectivity index (χ1n) is 10.1. The second-order valence-corrected chi connectivity index (χ2v) is 8.02. The van der Waals surface area contributed by atoms with Gasteiger partial charge in [-0.2, -0.15) is 0 Å². The molecule has 0 spiro atoms. The molecule has 160 valence electrons. The molecule has 0 saturated carbocycles. The quantitative estimate of drug-likeness (QED) is 0.582. The first-order valence-corrected chi connectivity index (χ1v) is 10.1. The molecular formula is C23H25FN6O. The van der Waals surface area contributed by atoms with E-state index >= 15 is 0 Å². The number of hydrogen-bond donors (Lipinski definition) is 0. The molecule has 1 aromatic carbocycles. The van der Waals surface area contributed by atoms with E-state index in [4.69, 9.17) is 9.72 Å². The third-order valence-electron chi connectivity index (χ3n) is 5.17. The predicted molar refractivity (Wildman–Crippen MR) is 120 cm³/mol. The van der Waals surface area contributed by atoms with E-state index in [1.807, 2.05) is 11.5 Å². The van der Waals surface area contributed by atoms with Crippen molar-refractivity contribution in [1.82, 2.24) is 19.5 Å². The lowest BCUT2D eigenvalue weighted by Crippen LogP contribution is -2.48. The molecule has 0 unspecified atom stereocenters. The van der Waals surface area contributed by atoms with E-state index in [-0.39, 0.29) is 11.4 Å². The van der Waals surface area contributed by atoms with Gasteiger partial charge in [-0.1, -0.05) is 0 Å². The molecule has 0 radical (unpaired) electrons. The number of halogens is 1. The fourth-order valence-corrected chi connectivity index (χ4v) is 3.69. The van der Waals surface area contributed by atoms with Crippen LogP contribution in [-0.4, -0.2) is 51.5 Å². The molecule has 7 nitrogen and oxygen atoms in total. The highest BCUT2D eigenvalue weighted by Crippen LogP contribution is 2.28. The molecule has 0 amide bonds. The minimum atomic E-state index is -0.292. The molecule has 0 aliphatic carbocycles. The highest BCUT2D eigenvalue weighted by Gasteiger charge is 2.28. The van der Waals surface area contributed by atoms with E-state index < -0.39 is 0 Å². The van der Waals surface area contributed by atoms with Gasteiger partial charge in [0.2, 0.25) is 5.95 Å². The molecule has 1 aliphatic rings. The average Bonchev–Trinajstić information content (AvgIpc) is 3.08. The summed E-state index contributed by atoms with van der Waals surface area (Å²) < 4.78 is 21.2. The molecule has 31 heavy (non-hydrogen) atoms. The maximum atomic E-state index is 13.5. The van der Waals surface area contributed by atoms with Crippen LogP contribution in [0.5, 0.6) is 0 Å². The maximum absolute atomic E-state index is 13.5. The van der Waals surface area contributed by atoms with Crippen molar-refractivity contribution in [3.63, 3.8) is 0 Å². The largest absolute Gasteiger partial charge is 0.372 e. The Hall–Kier alpha value is -3.39. The third kappa shape index (κ3) is 4.39. The molecule has 0 atom stereocenters. The summed E-state index contributed by atoms with van der Waals surface area (Å²) in [4.78, 5) is 19.8. The number of ether oxygens (including phenoxy) is 1. The van der Waals surface area contributed by atoms with Crippen LogP contribution in [0.25, 0.3) is 23.2 Å². The van der Waals surface area contributed by atoms with Gasteiger partial charge in [-0.15, -0.1) is 0 Å². The van der Waals surface area contributed by atoms with E-state index in [1.54, 1.807) is 36.8 Å². The molecule has 3 aromatic rings. The lowest BCUT2D eigenvalue weighted by Gasteiger charge is -2.38. The second kappa shape index (κ2) is 8.39. The van der Waals surface area contributed by atoms with Gasteiger partial charge in [0.25, 0.3) is 0 Å². The van der Waals surface area contributed by atoms with E-state index in [1.165, 1.54) is 12.1 Å². The number of benzene rings is 1. The van der Waals surface area contributed by atoms with Gasteiger partial charge in [0.15, 0.2) is 0 Å². The highest BCUT2D eigenvalue weighted by atomic mass is 19.1. The van der Waals surface area contributed by atoms with Crippen molar-refractivity contribution in [3.05, 3.63) is 60.1 Å². The van der Waals surface area contributed by atoms with Crippen molar-refractivity contribution in [2.75, 3.05) is 24.6 Å². The first kappa shape index (κ1) is 20.9. The molecule has 3 heterocycles. The number of hydrogen-bond acceptors (Lipinski definition) is 6. The van der Waals surface area contributed by atoms with Crippen molar-refractivity contribution in [2.45, 2.75) is 26.4 Å². The number of aliphatic imine (C=N–C) groups is 1. The number of aromatic nitrogens is 4. The van der Waals surface area contributed by atoms with Crippen LogP contribution in [0.4, 0.5) is 10.3 Å². The van der Waals surface area contributed by atoms with Gasteiger partial charge in [-0.05, 0) is 57.8 Å². The van der Waals surface area contributed by atoms with E-state index in [0.29, 0.717) is 18.4 Å². The SMILES string of the molecule is C=N/C=C\c1nc(-c2cnc(N3CCOC(C)(C)C3)nc2)n(-c2ccc(F)cc2)c1C. The van der Waals surface area contributed by atoms with Crippen LogP contribution in [0.1, 0.15) is 25.2 Å². The van der Waals surface area contributed by atoms with Crippen molar-refractivity contribution in [3.8, 4) is 17.1 Å². The van der Waals surface area contributed by atoms with Crippen molar-refractivity contribution < 1.29 is 9.13 Å². The smallest absolute Gasteiger partial charge is 0.225 e. The lowest BCUT2D eigenvalue weighted by atomic mass is 10.1. The summed E-state index contributed by atoms with van der Waals surface area (Å²) in [5, 5.41) is 0. The van der Waals surface area contributed by atoms with Crippen LogP contribution in [-0.2, 0) is 4.74 Å². The Labute approximate surface area is 181 Å². The molecule has 4 rings (SSSR count). The molecule has 1 aliphatic heterocycles. The topological polar surface area (TPSA) is 68.4 Å². The Bertz CT molecular complexity index is 1100. The monoisotopic (exact) mass is 420 g/mol. The van der Waals surface area contributed by atoms with E-state index in [2.05, 4.69) is 40.4 Å². The Kier molecular flexibility index (Phi) is 5.65. The van der Waals surface area contributed by atoms with Gasteiger partial charge in [-0.3, -0.25) is 9.56 Å². The molecule has 1 fully saturated rings. The second-order valence-electron chi connectivity index (χ2n) is 8.02. The predicted octanol–water partition coefficient (Wildman–Crippen LogP) is 4.06. The van der Waals surface area contributed by atoms with Crippen molar-refractivity contribution in [2.24, 2.45) is 4.99 Å². The maximum Gasteiger partial charge on any atom is 0.225 e. The molecule has 0 N–H and O–H groups in total. The van der Waals surface area contributed by atoms with Gasteiger partial charge in [0.05, 0.1) is 23.5 Å². The molecule has 0 bridgehead atoms. The van der Waals surface area contributed by atoms with Gasteiger partial charge >= 0.3 is 0 Å². The van der Waals surface area contributed by atoms with Crippen molar-refractivity contribution in [1.29, 1.82) is 0 Å². The first-order chi connectivity index (χ1) is 14.9. The Morgan fingerprint density at radius 1 is 1.19 bits per heavy atom. The number of nitrogens with zero attached hydrogens (tertiary/aromatic N) is 6. The number of morpholine rings is 1. The average molecular weight is 420 g/mol. The summed E-state index contributed by atoms with van der Waals surface area (Å²) in [7, 11) is 0. The van der Waals surface area contributed by atoms with E-state index in [0.717, 1.165) is 35.7 Å². The Morgan fingerprint density at radius 2 is 1.90 bits per heavy atom. The van der Waals surface area contributed by atoms with Crippen LogP contribution in [0.15, 0.2) is 47.9 Å². The Morgan fingerprint density at radius 3 is 2.55 bits per heavy atom. The molecule has 1 saturated heterocycles. The summed E-state index contributed by atoms with van der Waals surface area (Å²) in [6, 6.07) is 6.30. The van der Waals surface area contributed by atoms with Gasteiger partial charge < -0.3 is 9.64 Å². The van der Waals surface area contributed by atoms with Crippen LogP contribution < -0.4 is 4.90 Å². The zero-order valence-electron chi connectivity index (χ0n) is 17.9. The van der Waals surface area contributed by atoms with Crippen LogP contribution in [0.3, 0.4) is 0 Å². The zero-order chi connectivity index (χ0) is 22.0. The molecular weight excluding hydrogens is 395 g/mol. The van der Waals surface area contributed by atoms with Crippen LogP contribution >= 0.6 is 0 Å². The highest BCUT2D eigenvalue weighted by molar-refractivity contribution is 5.63. The number of rotatable bonds is 5. The van der Waals surface area contributed by atoms with Crippen molar-refractivity contribution >= 4 is 18.7 Å². The third-order valence-corrected chi connectivity index (χ3v) is 5.17. The standard InChI is InChI=1S/C23H25FN6O/c1-16-20(9-10-25-4)28-21(30(16)19-7-5-18(24)6-8-19)17-13-26-22(27-14-17)29-11-12-31-23(2,3)15-29/h5-10,13-14H,4,11-12,15H2,1-3H3/b10-9-. The van der Waals surface area contributed by atoms with Crippen LogP contribution in [0.2, 0.25) is 0 Å². The van der Waals surface area contributed by atoms with Gasteiger partial charge in [0, 0.05) is 43.1 Å². The summed E-state index contributed by atoms with van der Waals surface area (Å²) in [5.41, 5.74) is 2.95. The summed E-state index contributed by atoms with van der Waals surface area (Å²) in [6.07, 6.45) is 6.92. The number of anilines is 1. The van der Waals surface area contributed by atoms with E-state index in [9.17, 15) is 4.39 Å². The summed E-state index contributed by atoms with van der Waals surface area (Å²) in [6.45, 7) is 11.7.